The zero-order valence-corrected chi connectivity index (χ0v) is 25.9. The number of aromatic nitrogens is 2. The van der Waals surface area contributed by atoms with E-state index in [1.54, 1.807) is 20.4 Å². The minimum atomic E-state index is -0.545. The third kappa shape index (κ3) is 5.44. The number of aryl methyl sites for hydroxylation is 1. The summed E-state index contributed by atoms with van der Waals surface area (Å²) < 4.78 is 13.5. The SMILES string of the molecule is COc1cccc(-n2c(C)cc([C@H]3[C@H](c4ccccn4)NC(=S)N3c3ccc(NC(=O)C(C)(C)C)c(OC)c3)c2C)c1. The third-order valence-electron chi connectivity index (χ3n) is 7.59. The number of pyridine rings is 1. The van der Waals surface area contributed by atoms with E-state index in [1.165, 1.54) is 0 Å². The average molecular weight is 584 g/mol. The Bertz CT molecular complexity index is 1630. The molecule has 0 radical (unpaired) electrons. The van der Waals surface area contributed by atoms with Gasteiger partial charge < -0.3 is 29.6 Å². The number of methoxy groups -OCH3 is 2. The number of hydrogen-bond donors (Lipinski definition) is 2. The molecule has 0 aliphatic carbocycles. The molecule has 1 saturated heterocycles. The van der Waals surface area contributed by atoms with Crippen LogP contribution in [0.5, 0.6) is 11.5 Å². The molecule has 2 aromatic carbocycles. The Morgan fingerprint density at radius 3 is 2.43 bits per heavy atom. The van der Waals surface area contributed by atoms with Crippen LogP contribution >= 0.6 is 12.2 Å². The van der Waals surface area contributed by atoms with E-state index < -0.39 is 5.41 Å². The second-order valence-electron chi connectivity index (χ2n) is 11.4. The molecule has 0 spiro atoms. The van der Waals surface area contributed by atoms with Crippen LogP contribution in [-0.4, -0.2) is 34.8 Å². The first-order chi connectivity index (χ1) is 20.0. The molecule has 1 aliphatic heterocycles. The van der Waals surface area contributed by atoms with Crippen LogP contribution < -0.4 is 25.0 Å². The molecule has 4 aromatic rings. The summed E-state index contributed by atoms with van der Waals surface area (Å²) in [6.45, 7) is 9.86. The van der Waals surface area contributed by atoms with Gasteiger partial charge in [-0.3, -0.25) is 9.78 Å². The highest BCUT2D eigenvalue weighted by atomic mass is 32.1. The number of nitrogens with zero attached hydrogens (tertiary/aromatic N) is 3. The number of amides is 1. The van der Waals surface area contributed by atoms with Crippen LogP contribution in [0, 0.1) is 19.3 Å². The molecule has 5 rings (SSSR count). The fourth-order valence-electron chi connectivity index (χ4n) is 5.43. The molecule has 0 bridgehead atoms. The van der Waals surface area contributed by atoms with Crippen molar-refractivity contribution >= 4 is 34.6 Å². The molecular formula is C33H37N5O3S. The van der Waals surface area contributed by atoms with Gasteiger partial charge in [-0.1, -0.05) is 32.9 Å². The maximum absolute atomic E-state index is 12.7. The Hall–Kier alpha value is -4.37. The standard InChI is InChI=1S/C33H37N5O3S/c1-20-17-25(21(2)37(20)22-11-10-12-24(18-22)40-6)30-29(27-13-8-9-16-34-27)36-32(42)38(30)23-14-15-26(28(19-23)41-7)35-31(39)33(3,4)5/h8-19,29-30H,1-7H3,(H,35,39)(H,36,42)/t29-,30-/m0/s1. The fourth-order valence-corrected chi connectivity index (χ4v) is 5.77. The second kappa shape index (κ2) is 11.5. The van der Waals surface area contributed by atoms with Crippen LogP contribution in [0.3, 0.4) is 0 Å². The summed E-state index contributed by atoms with van der Waals surface area (Å²) in [5, 5.41) is 7.12. The molecule has 42 heavy (non-hydrogen) atoms. The largest absolute Gasteiger partial charge is 0.497 e. The molecule has 1 amide bonds. The smallest absolute Gasteiger partial charge is 0.229 e. The molecule has 1 fully saturated rings. The van der Waals surface area contributed by atoms with E-state index in [0.29, 0.717) is 16.5 Å². The van der Waals surface area contributed by atoms with Crippen molar-refractivity contribution in [3.63, 3.8) is 0 Å². The lowest BCUT2D eigenvalue weighted by Crippen LogP contribution is -2.30. The summed E-state index contributed by atoms with van der Waals surface area (Å²) in [4.78, 5) is 19.5. The summed E-state index contributed by atoms with van der Waals surface area (Å²) in [6.07, 6.45) is 1.80. The highest BCUT2D eigenvalue weighted by Gasteiger charge is 2.42. The van der Waals surface area contributed by atoms with Crippen LogP contribution in [0.4, 0.5) is 11.4 Å². The van der Waals surface area contributed by atoms with E-state index >= 15 is 0 Å². The van der Waals surface area contributed by atoms with Crippen LogP contribution in [-0.2, 0) is 4.79 Å². The van der Waals surface area contributed by atoms with Crippen molar-refractivity contribution < 1.29 is 14.3 Å². The topological polar surface area (TPSA) is 80.7 Å². The van der Waals surface area contributed by atoms with Gasteiger partial charge in [-0.2, -0.15) is 0 Å². The van der Waals surface area contributed by atoms with Gasteiger partial charge in [0.2, 0.25) is 5.91 Å². The molecule has 1 aliphatic rings. The van der Waals surface area contributed by atoms with Crippen LogP contribution in [0.1, 0.15) is 55.5 Å². The molecule has 0 saturated carbocycles. The summed E-state index contributed by atoms with van der Waals surface area (Å²) in [5.41, 5.74) is 6.10. The zero-order valence-electron chi connectivity index (χ0n) is 25.1. The minimum Gasteiger partial charge on any atom is -0.497 e. The quantitative estimate of drug-likeness (QED) is 0.235. The van der Waals surface area contributed by atoms with Crippen molar-refractivity contribution in [1.82, 2.24) is 14.9 Å². The summed E-state index contributed by atoms with van der Waals surface area (Å²) >= 11 is 5.97. The minimum absolute atomic E-state index is 0.0926. The molecule has 2 aromatic heterocycles. The first-order valence-electron chi connectivity index (χ1n) is 13.9. The molecule has 8 nitrogen and oxygen atoms in total. The molecular weight excluding hydrogens is 546 g/mol. The number of anilines is 2. The van der Waals surface area contributed by atoms with Crippen LogP contribution in [0.15, 0.2) is 72.9 Å². The Labute approximate surface area is 252 Å². The highest BCUT2D eigenvalue weighted by Crippen LogP contribution is 2.45. The fraction of sp³-hybridized carbons (Fsp3) is 0.303. The number of thiocarbonyl (C=S) groups is 1. The molecule has 3 heterocycles. The number of hydrogen-bond acceptors (Lipinski definition) is 5. The van der Waals surface area contributed by atoms with Gasteiger partial charge in [-0.15, -0.1) is 0 Å². The number of benzene rings is 2. The van der Waals surface area contributed by atoms with E-state index in [1.807, 2.05) is 75.4 Å². The normalized spacial score (nSPS) is 16.7. The van der Waals surface area contributed by atoms with Gasteiger partial charge in [0.05, 0.1) is 37.7 Å². The van der Waals surface area contributed by atoms with Gasteiger partial charge >= 0.3 is 0 Å². The first-order valence-corrected chi connectivity index (χ1v) is 14.3. The van der Waals surface area contributed by atoms with Crippen molar-refractivity contribution in [2.75, 3.05) is 24.4 Å². The van der Waals surface area contributed by atoms with Crippen molar-refractivity contribution in [2.24, 2.45) is 5.41 Å². The Morgan fingerprint density at radius 2 is 1.76 bits per heavy atom. The monoisotopic (exact) mass is 583 g/mol. The number of carbonyl (C=O) groups is 1. The number of rotatable bonds is 7. The lowest BCUT2D eigenvalue weighted by atomic mass is 9.95. The second-order valence-corrected chi connectivity index (χ2v) is 11.8. The Morgan fingerprint density at radius 1 is 0.976 bits per heavy atom. The Balaban J connectivity index is 1.63. The van der Waals surface area contributed by atoms with Crippen LogP contribution in [0.25, 0.3) is 5.69 Å². The summed E-state index contributed by atoms with van der Waals surface area (Å²) in [6, 6.07) is 21.5. The zero-order chi connectivity index (χ0) is 30.2. The molecule has 218 valence electrons. The summed E-state index contributed by atoms with van der Waals surface area (Å²) in [5.74, 6) is 1.25. The molecule has 9 heteroatoms. The van der Waals surface area contributed by atoms with Crippen molar-refractivity contribution in [1.29, 1.82) is 0 Å². The first kappa shape index (κ1) is 29.1. The van der Waals surface area contributed by atoms with E-state index in [4.69, 9.17) is 26.7 Å². The highest BCUT2D eigenvalue weighted by molar-refractivity contribution is 7.80. The molecule has 0 unspecified atom stereocenters. The van der Waals surface area contributed by atoms with E-state index in [-0.39, 0.29) is 18.0 Å². The predicted octanol–water partition coefficient (Wildman–Crippen LogP) is 6.67. The number of nitrogens with one attached hydrogen (secondary N) is 2. The van der Waals surface area contributed by atoms with Gasteiger partial charge in [-0.05, 0) is 74.1 Å². The van der Waals surface area contributed by atoms with Crippen molar-refractivity contribution in [3.05, 3.63) is 95.6 Å². The van der Waals surface area contributed by atoms with Gasteiger partial charge in [0.15, 0.2) is 5.11 Å². The van der Waals surface area contributed by atoms with Crippen LogP contribution in [0.2, 0.25) is 0 Å². The van der Waals surface area contributed by atoms with Gasteiger partial charge in [0.25, 0.3) is 0 Å². The van der Waals surface area contributed by atoms with E-state index in [2.05, 4.69) is 46.1 Å². The lowest BCUT2D eigenvalue weighted by molar-refractivity contribution is -0.123. The third-order valence-corrected chi connectivity index (χ3v) is 7.91. The lowest BCUT2D eigenvalue weighted by Gasteiger charge is -2.29. The van der Waals surface area contributed by atoms with Crippen molar-refractivity contribution in [3.8, 4) is 17.2 Å². The van der Waals surface area contributed by atoms with E-state index in [0.717, 1.165) is 39.8 Å². The van der Waals surface area contributed by atoms with Gasteiger partial charge in [0, 0.05) is 46.5 Å². The Kier molecular flexibility index (Phi) is 7.97. The average Bonchev–Trinajstić information content (AvgIpc) is 3.47. The van der Waals surface area contributed by atoms with E-state index in [9.17, 15) is 4.79 Å². The molecule has 2 atom stereocenters. The van der Waals surface area contributed by atoms with Gasteiger partial charge in [0.1, 0.15) is 11.5 Å². The maximum Gasteiger partial charge on any atom is 0.229 e. The van der Waals surface area contributed by atoms with Crippen molar-refractivity contribution in [2.45, 2.75) is 46.7 Å². The summed E-state index contributed by atoms with van der Waals surface area (Å²) in [7, 11) is 3.27. The van der Waals surface area contributed by atoms with Gasteiger partial charge in [-0.25, -0.2) is 0 Å². The number of ether oxygens (including phenoxy) is 2. The number of carbonyl (C=O) groups excluding carboxylic acids is 1. The molecule has 2 N–H and O–H groups in total. The maximum atomic E-state index is 12.7. The predicted molar refractivity (Wildman–Crippen MR) is 171 cm³/mol.